The van der Waals surface area contributed by atoms with Crippen molar-refractivity contribution < 1.29 is 23.7 Å². The van der Waals surface area contributed by atoms with E-state index >= 15 is 0 Å². The van der Waals surface area contributed by atoms with Crippen LogP contribution in [0, 0.1) is 0 Å². The molecule has 0 unspecified atom stereocenters. The van der Waals surface area contributed by atoms with Crippen LogP contribution in [0.3, 0.4) is 0 Å². The van der Waals surface area contributed by atoms with Crippen LogP contribution < -0.4 is 18.9 Å². The molecule has 2 heterocycles. The summed E-state index contributed by atoms with van der Waals surface area (Å²) in [5.41, 5.74) is 3.01. The van der Waals surface area contributed by atoms with Crippen LogP contribution in [-0.4, -0.2) is 45.3 Å². The van der Waals surface area contributed by atoms with Gasteiger partial charge in [-0.05, 0) is 48.4 Å². The van der Waals surface area contributed by atoms with E-state index in [1.54, 1.807) is 14.2 Å². The predicted octanol–water partition coefficient (Wildman–Crippen LogP) is 2.55. The molecule has 1 spiro atoms. The molecule has 0 saturated heterocycles. The number of likely N-dealkylation sites (N-methyl/N-ethyl adjacent to an activating group) is 1. The number of carbonyl (C=O) groups excluding carboxylic acids is 1. The van der Waals surface area contributed by atoms with E-state index in [0.29, 0.717) is 35.0 Å². The fourth-order valence-electron chi connectivity index (χ4n) is 4.70. The topological polar surface area (TPSA) is 57.2 Å². The highest BCUT2D eigenvalue weighted by Gasteiger charge is 2.54. The van der Waals surface area contributed by atoms with Gasteiger partial charge in [-0.15, -0.1) is 0 Å². The number of Topliss-reactive ketones (excluding diaryl/α,β-unsaturated/α-hetero) is 1. The van der Waals surface area contributed by atoms with Crippen LogP contribution in [0.4, 0.5) is 0 Å². The molecule has 6 nitrogen and oxygen atoms in total. The van der Waals surface area contributed by atoms with Gasteiger partial charge in [0, 0.05) is 13.0 Å². The van der Waals surface area contributed by atoms with Crippen LogP contribution >= 0.6 is 0 Å². The van der Waals surface area contributed by atoms with Crippen molar-refractivity contribution in [2.75, 3.05) is 34.6 Å². The molecule has 0 aromatic heterocycles. The van der Waals surface area contributed by atoms with E-state index < -0.39 is 5.54 Å². The number of fused-ring (bicyclic) bond motifs is 5. The smallest absolute Gasteiger partial charge is 0.231 e. The number of benzene rings is 2. The van der Waals surface area contributed by atoms with Crippen molar-refractivity contribution in [3.8, 4) is 23.0 Å². The Labute approximate surface area is 157 Å². The van der Waals surface area contributed by atoms with Gasteiger partial charge in [0.25, 0.3) is 0 Å². The van der Waals surface area contributed by atoms with Crippen molar-refractivity contribution in [3.63, 3.8) is 0 Å². The third-order valence-electron chi connectivity index (χ3n) is 6.10. The zero-order valence-electron chi connectivity index (χ0n) is 15.6. The Bertz CT molecular complexity index is 970. The van der Waals surface area contributed by atoms with Crippen LogP contribution in [0.2, 0.25) is 0 Å². The number of ether oxygens (including phenoxy) is 4. The van der Waals surface area contributed by atoms with Gasteiger partial charge in [0.15, 0.2) is 28.8 Å². The zero-order valence-corrected chi connectivity index (χ0v) is 15.6. The molecule has 2 aromatic carbocycles. The van der Waals surface area contributed by atoms with Gasteiger partial charge in [0.2, 0.25) is 6.79 Å². The van der Waals surface area contributed by atoms with Gasteiger partial charge in [-0.2, -0.15) is 0 Å². The predicted molar refractivity (Wildman–Crippen MR) is 98.2 cm³/mol. The second-order valence-electron chi connectivity index (χ2n) is 7.24. The van der Waals surface area contributed by atoms with Gasteiger partial charge in [-0.3, -0.25) is 9.69 Å². The normalized spacial score (nSPS) is 22.7. The van der Waals surface area contributed by atoms with Gasteiger partial charge in [0.1, 0.15) is 5.54 Å². The standard InChI is InChI=1S/C21H21NO5/c1-22-7-6-12-8-16(24-2)17(25-3)9-14(12)21(22)10-13-4-5-15-19(27-11-26-15)18(13)20(21)23/h4-5,8-9H,6-7,10-11H2,1-3H3/t21-/m0/s1. The minimum Gasteiger partial charge on any atom is -0.493 e. The summed E-state index contributed by atoms with van der Waals surface area (Å²) in [5.74, 6) is 2.62. The van der Waals surface area contributed by atoms with Crippen LogP contribution in [0.25, 0.3) is 0 Å². The Morgan fingerprint density at radius 2 is 1.85 bits per heavy atom. The summed E-state index contributed by atoms with van der Waals surface area (Å²) in [4.78, 5) is 16.0. The summed E-state index contributed by atoms with van der Waals surface area (Å²) in [6.07, 6.45) is 1.46. The molecule has 5 rings (SSSR count). The first-order chi connectivity index (χ1) is 13.1. The summed E-state index contributed by atoms with van der Waals surface area (Å²) in [6, 6.07) is 7.85. The molecule has 1 atom stereocenters. The molecule has 140 valence electrons. The largest absolute Gasteiger partial charge is 0.493 e. The summed E-state index contributed by atoms with van der Waals surface area (Å²) >= 11 is 0. The molecular weight excluding hydrogens is 346 g/mol. The van der Waals surface area contributed by atoms with E-state index in [9.17, 15) is 4.79 Å². The minimum absolute atomic E-state index is 0.0653. The van der Waals surface area contributed by atoms with E-state index in [4.69, 9.17) is 18.9 Å². The highest BCUT2D eigenvalue weighted by atomic mass is 16.7. The lowest BCUT2D eigenvalue weighted by Gasteiger charge is -2.43. The van der Waals surface area contributed by atoms with E-state index in [1.165, 1.54) is 0 Å². The van der Waals surface area contributed by atoms with Gasteiger partial charge in [-0.1, -0.05) is 6.07 Å². The fraction of sp³-hybridized carbons (Fsp3) is 0.381. The maximum atomic E-state index is 13.8. The second-order valence-corrected chi connectivity index (χ2v) is 7.24. The molecule has 2 aromatic rings. The number of methoxy groups -OCH3 is 2. The molecule has 3 aliphatic rings. The number of hydrogen-bond acceptors (Lipinski definition) is 6. The molecule has 1 aliphatic carbocycles. The van der Waals surface area contributed by atoms with Crippen molar-refractivity contribution in [1.82, 2.24) is 4.90 Å². The van der Waals surface area contributed by atoms with E-state index in [-0.39, 0.29) is 12.6 Å². The first-order valence-corrected chi connectivity index (χ1v) is 9.03. The lowest BCUT2D eigenvalue weighted by atomic mass is 9.77. The highest BCUT2D eigenvalue weighted by molar-refractivity contribution is 6.11. The zero-order chi connectivity index (χ0) is 18.8. The number of rotatable bonds is 2. The minimum atomic E-state index is -0.753. The fourth-order valence-corrected chi connectivity index (χ4v) is 4.70. The van der Waals surface area contributed by atoms with Crippen molar-refractivity contribution >= 4 is 5.78 Å². The number of ketones is 1. The highest BCUT2D eigenvalue weighted by Crippen LogP contribution is 2.52. The van der Waals surface area contributed by atoms with Crippen LogP contribution in [0.1, 0.15) is 27.0 Å². The number of nitrogens with zero attached hydrogens (tertiary/aromatic N) is 1. The third-order valence-corrected chi connectivity index (χ3v) is 6.10. The molecular formula is C21H21NO5. The lowest BCUT2D eigenvalue weighted by molar-refractivity contribution is 0.0612. The van der Waals surface area contributed by atoms with E-state index in [1.807, 2.05) is 31.3 Å². The van der Waals surface area contributed by atoms with Crippen molar-refractivity contribution in [2.24, 2.45) is 0 Å². The average Bonchev–Trinajstić information content (AvgIpc) is 3.27. The quantitative estimate of drug-likeness (QED) is 0.813. The molecule has 0 bridgehead atoms. The van der Waals surface area contributed by atoms with Crippen LogP contribution in [0.5, 0.6) is 23.0 Å². The van der Waals surface area contributed by atoms with E-state index in [0.717, 1.165) is 29.7 Å². The Hall–Kier alpha value is -2.73. The van der Waals surface area contributed by atoms with Crippen LogP contribution in [-0.2, 0) is 18.4 Å². The molecule has 6 heteroatoms. The molecule has 0 fully saturated rings. The summed E-state index contributed by atoms with van der Waals surface area (Å²) in [7, 11) is 5.26. The maximum absolute atomic E-state index is 13.8. The van der Waals surface area contributed by atoms with Gasteiger partial charge in [0.05, 0.1) is 19.8 Å². The van der Waals surface area contributed by atoms with Crippen molar-refractivity contribution in [3.05, 3.63) is 46.5 Å². The summed E-state index contributed by atoms with van der Waals surface area (Å²) < 4.78 is 22.1. The Kier molecular flexibility index (Phi) is 3.43. The second kappa shape index (κ2) is 5.63. The number of carbonyl (C=O) groups is 1. The first-order valence-electron chi connectivity index (χ1n) is 9.03. The molecule has 0 radical (unpaired) electrons. The summed E-state index contributed by atoms with van der Waals surface area (Å²) in [6.45, 7) is 0.950. The Balaban J connectivity index is 1.73. The van der Waals surface area contributed by atoms with Crippen LogP contribution in [0.15, 0.2) is 24.3 Å². The Morgan fingerprint density at radius 1 is 1.07 bits per heavy atom. The first kappa shape index (κ1) is 16.4. The SMILES string of the molecule is COc1cc2c(cc1OC)[C@]1(Cc3ccc4c(c3C1=O)OCO4)N(C)CC2. The molecule has 0 amide bonds. The van der Waals surface area contributed by atoms with Gasteiger partial charge >= 0.3 is 0 Å². The number of hydrogen-bond donors (Lipinski definition) is 0. The molecule has 0 saturated carbocycles. The van der Waals surface area contributed by atoms with Gasteiger partial charge in [-0.25, -0.2) is 0 Å². The molecule has 27 heavy (non-hydrogen) atoms. The van der Waals surface area contributed by atoms with Gasteiger partial charge < -0.3 is 18.9 Å². The van der Waals surface area contributed by atoms with Crippen molar-refractivity contribution in [1.29, 1.82) is 0 Å². The summed E-state index contributed by atoms with van der Waals surface area (Å²) in [5, 5.41) is 0. The maximum Gasteiger partial charge on any atom is 0.231 e. The average molecular weight is 367 g/mol. The monoisotopic (exact) mass is 367 g/mol. The van der Waals surface area contributed by atoms with E-state index in [2.05, 4.69) is 4.90 Å². The Morgan fingerprint density at radius 3 is 2.63 bits per heavy atom. The lowest BCUT2D eigenvalue weighted by Crippen LogP contribution is -2.52. The molecule has 2 aliphatic heterocycles. The van der Waals surface area contributed by atoms with Crippen molar-refractivity contribution in [2.45, 2.75) is 18.4 Å². The molecule has 0 N–H and O–H groups in total. The third kappa shape index (κ3) is 2.02.